The maximum absolute atomic E-state index is 13.7. The van der Waals surface area contributed by atoms with Crippen LogP contribution in [0, 0.1) is 11.7 Å². The lowest BCUT2D eigenvalue weighted by Gasteiger charge is -2.19. The van der Waals surface area contributed by atoms with Crippen LogP contribution in [0.3, 0.4) is 0 Å². The van der Waals surface area contributed by atoms with Crippen molar-refractivity contribution in [2.75, 3.05) is 0 Å². The highest BCUT2D eigenvalue weighted by molar-refractivity contribution is 5.80. The van der Waals surface area contributed by atoms with Gasteiger partial charge < -0.3 is 0 Å². The third-order valence-corrected chi connectivity index (χ3v) is 3.05. The van der Waals surface area contributed by atoms with Gasteiger partial charge in [0.1, 0.15) is 5.82 Å². The molecule has 5 nitrogen and oxygen atoms in total. The van der Waals surface area contributed by atoms with Crippen molar-refractivity contribution in [1.82, 2.24) is 16.3 Å². The molecular formula is C11H15FN4O. The van der Waals surface area contributed by atoms with Gasteiger partial charge >= 0.3 is 0 Å². The van der Waals surface area contributed by atoms with E-state index in [1.54, 1.807) is 18.2 Å². The smallest absolute Gasteiger partial charge is 0.240 e. The molecule has 1 aromatic carbocycles. The standard InChI is InChI=1S/C11H15FN4O/c1-6-9(11(17)14-13)10(16-15-6)7-4-2-3-5-8(7)12/h2-6,9-10,15-16H,13H2,1H3,(H,14,17). The van der Waals surface area contributed by atoms with E-state index in [0.717, 1.165) is 0 Å². The number of amides is 1. The summed E-state index contributed by atoms with van der Waals surface area (Å²) in [6, 6.07) is 5.84. The summed E-state index contributed by atoms with van der Waals surface area (Å²) in [5.41, 5.74) is 8.42. The summed E-state index contributed by atoms with van der Waals surface area (Å²) >= 11 is 0. The molecule has 17 heavy (non-hydrogen) atoms. The van der Waals surface area contributed by atoms with E-state index < -0.39 is 12.0 Å². The zero-order valence-corrected chi connectivity index (χ0v) is 9.41. The van der Waals surface area contributed by atoms with Crippen molar-refractivity contribution < 1.29 is 9.18 Å². The van der Waals surface area contributed by atoms with Crippen LogP contribution in [0.15, 0.2) is 24.3 Å². The first-order chi connectivity index (χ1) is 8.15. The third kappa shape index (κ3) is 2.14. The van der Waals surface area contributed by atoms with E-state index in [0.29, 0.717) is 5.56 Å². The van der Waals surface area contributed by atoms with Crippen molar-refractivity contribution in [1.29, 1.82) is 0 Å². The lowest BCUT2D eigenvalue weighted by Crippen LogP contribution is -2.41. The number of carbonyl (C=O) groups excluding carboxylic acids is 1. The molecule has 92 valence electrons. The highest BCUT2D eigenvalue weighted by atomic mass is 19.1. The summed E-state index contributed by atoms with van der Waals surface area (Å²) in [6.45, 7) is 1.84. The number of carbonyl (C=O) groups is 1. The lowest BCUT2D eigenvalue weighted by atomic mass is 9.89. The minimum absolute atomic E-state index is 0.122. The van der Waals surface area contributed by atoms with Crippen LogP contribution in [-0.4, -0.2) is 11.9 Å². The number of hydrogen-bond donors (Lipinski definition) is 4. The van der Waals surface area contributed by atoms with E-state index in [2.05, 4.69) is 16.3 Å². The van der Waals surface area contributed by atoms with E-state index in [1.807, 2.05) is 6.92 Å². The molecule has 0 saturated carbocycles. The Hall–Kier alpha value is -1.50. The molecule has 1 aliphatic heterocycles. The Labute approximate surface area is 98.5 Å². The second-order valence-corrected chi connectivity index (χ2v) is 4.11. The Kier molecular flexibility index (Phi) is 3.37. The average Bonchev–Trinajstić information content (AvgIpc) is 2.71. The molecule has 3 unspecified atom stereocenters. The van der Waals surface area contributed by atoms with Gasteiger partial charge in [-0.2, -0.15) is 0 Å². The molecule has 0 aliphatic carbocycles. The van der Waals surface area contributed by atoms with Gasteiger partial charge in [0.2, 0.25) is 5.91 Å². The minimum atomic E-state index is -0.447. The SMILES string of the molecule is CC1NNC(c2ccccc2F)C1C(=O)NN. The summed E-state index contributed by atoms with van der Waals surface area (Å²) in [5, 5.41) is 0. The van der Waals surface area contributed by atoms with Crippen LogP contribution in [0.1, 0.15) is 18.5 Å². The van der Waals surface area contributed by atoms with Gasteiger partial charge in [0.15, 0.2) is 0 Å². The second-order valence-electron chi connectivity index (χ2n) is 4.11. The van der Waals surface area contributed by atoms with Crippen LogP contribution in [0.5, 0.6) is 0 Å². The van der Waals surface area contributed by atoms with Crippen molar-refractivity contribution >= 4 is 5.91 Å². The number of halogens is 1. The van der Waals surface area contributed by atoms with Crippen molar-refractivity contribution in [2.45, 2.75) is 19.0 Å². The molecule has 1 fully saturated rings. The highest BCUT2D eigenvalue weighted by Crippen LogP contribution is 2.30. The topological polar surface area (TPSA) is 79.2 Å². The molecule has 3 atom stereocenters. The van der Waals surface area contributed by atoms with Gasteiger partial charge in [-0.3, -0.25) is 15.6 Å². The van der Waals surface area contributed by atoms with E-state index in [9.17, 15) is 9.18 Å². The maximum Gasteiger partial charge on any atom is 0.240 e. The Morgan fingerprint density at radius 2 is 2.12 bits per heavy atom. The normalized spacial score (nSPS) is 28.1. The van der Waals surface area contributed by atoms with E-state index >= 15 is 0 Å². The van der Waals surface area contributed by atoms with Crippen LogP contribution in [0.25, 0.3) is 0 Å². The molecule has 2 rings (SSSR count). The first kappa shape index (κ1) is 12.0. The van der Waals surface area contributed by atoms with Crippen LogP contribution in [0.4, 0.5) is 4.39 Å². The Morgan fingerprint density at radius 3 is 2.76 bits per heavy atom. The van der Waals surface area contributed by atoms with Crippen molar-refractivity contribution in [2.24, 2.45) is 11.8 Å². The van der Waals surface area contributed by atoms with Gasteiger partial charge in [0.05, 0.1) is 12.0 Å². The Balaban J connectivity index is 2.32. The Bertz CT molecular complexity index is 426. The number of nitrogens with one attached hydrogen (secondary N) is 3. The van der Waals surface area contributed by atoms with Crippen molar-refractivity contribution in [3.8, 4) is 0 Å². The molecule has 1 aromatic rings. The number of rotatable bonds is 2. The predicted octanol–water partition coefficient (Wildman–Crippen LogP) is -0.0308. The van der Waals surface area contributed by atoms with E-state index in [1.165, 1.54) is 6.07 Å². The number of benzene rings is 1. The molecule has 5 N–H and O–H groups in total. The fraction of sp³-hybridized carbons (Fsp3) is 0.364. The molecule has 1 saturated heterocycles. The first-order valence-corrected chi connectivity index (χ1v) is 5.41. The highest BCUT2D eigenvalue weighted by Gasteiger charge is 2.40. The maximum atomic E-state index is 13.7. The van der Waals surface area contributed by atoms with E-state index in [-0.39, 0.29) is 17.8 Å². The quantitative estimate of drug-likeness (QED) is 0.331. The van der Waals surface area contributed by atoms with Gasteiger partial charge in [-0.1, -0.05) is 18.2 Å². The lowest BCUT2D eigenvalue weighted by molar-refractivity contribution is -0.125. The molecule has 0 radical (unpaired) electrons. The van der Waals surface area contributed by atoms with Crippen LogP contribution < -0.4 is 22.1 Å². The summed E-state index contributed by atoms with van der Waals surface area (Å²) in [4.78, 5) is 11.7. The fourth-order valence-corrected chi connectivity index (χ4v) is 2.16. The summed E-state index contributed by atoms with van der Waals surface area (Å²) in [6.07, 6.45) is 0. The van der Waals surface area contributed by atoms with Crippen LogP contribution >= 0.6 is 0 Å². The molecule has 1 aliphatic rings. The van der Waals surface area contributed by atoms with Gasteiger partial charge in [-0.15, -0.1) is 0 Å². The molecule has 0 bridgehead atoms. The summed E-state index contributed by atoms with van der Waals surface area (Å²) in [7, 11) is 0. The van der Waals surface area contributed by atoms with Crippen molar-refractivity contribution in [3.63, 3.8) is 0 Å². The van der Waals surface area contributed by atoms with E-state index in [4.69, 9.17) is 5.84 Å². The van der Waals surface area contributed by atoms with Gasteiger partial charge in [0.25, 0.3) is 0 Å². The molecule has 0 aromatic heterocycles. The second kappa shape index (κ2) is 4.79. The molecule has 1 heterocycles. The zero-order valence-electron chi connectivity index (χ0n) is 9.41. The molecular weight excluding hydrogens is 223 g/mol. The Morgan fingerprint density at radius 1 is 1.41 bits per heavy atom. The van der Waals surface area contributed by atoms with Crippen molar-refractivity contribution in [3.05, 3.63) is 35.6 Å². The summed E-state index contributed by atoms with van der Waals surface area (Å²) in [5.74, 6) is 4.04. The summed E-state index contributed by atoms with van der Waals surface area (Å²) < 4.78 is 13.7. The van der Waals surface area contributed by atoms with Gasteiger partial charge in [-0.25, -0.2) is 15.7 Å². The largest absolute Gasteiger partial charge is 0.294 e. The molecule has 6 heteroatoms. The van der Waals surface area contributed by atoms with Crippen LogP contribution in [0.2, 0.25) is 0 Å². The number of hydrazine groups is 2. The fourth-order valence-electron chi connectivity index (χ4n) is 2.16. The van der Waals surface area contributed by atoms with Gasteiger partial charge in [-0.05, 0) is 13.0 Å². The average molecular weight is 238 g/mol. The first-order valence-electron chi connectivity index (χ1n) is 5.41. The number of hydrogen-bond acceptors (Lipinski definition) is 4. The van der Waals surface area contributed by atoms with Crippen LogP contribution in [-0.2, 0) is 4.79 Å². The monoisotopic (exact) mass is 238 g/mol. The third-order valence-electron chi connectivity index (χ3n) is 3.05. The predicted molar refractivity (Wildman–Crippen MR) is 60.7 cm³/mol. The molecule has 1 amide bonds. The number of nitrogens with two attached hydrogens (primary N) is 1. The molecule has 0 spiro atoms. The zero-order chi connectivity index (χ0) is 12.4. The van der Waals surface area contributed by atoms with Gasteiger partial charge in [0, 0.05) is 11.6 Å². The minimum Gasteiger partial charge on any atom is -0.294 e.